The molecule has 3 aromatic rings. The number of hydrogen-bond acceptors (Lipinski definition) is 7. The summed E-state index contributed by atoms with van der Waals surface area (Å²) in [6.45, 7) is 0.693. The highest BCUT2D eigenvalue weighted by Gasteiger charge is 2.04. The molecular weight excluding hydrogens is 302 g/mol. The molecule has 7 heteroatoms. The van der Waals surface area contributed by atoms with E-state index in [1.807, 2.05) is 36.4 Å². The predicted molar refractivity (Wildman–Crippen MR) is 95.6 cm³/mol. The number of rotatable bonds is 6. The molecule has 0 saturated carbocycles. The second-order valence-corrected chi connectivity index (χ2v) is 5.08. The van der Waals surface area contributed by atoms with Crippen molar-refractivity contribution in [2.75, 3.05) is 16.4 Å². The van der Waals surface area contributed by atoms with Crippen LogP contribution in [0.2, 0.25) is 0 Å². The molecule has 0 aliphatic heterocycles. The summed E-state index contributed by atoms with van der Waals surface area (Å²) in [6, 6.07) is 15.7. The Kier molecular flexibility index (Phi) is 4.62. The van der Waals surface area contributed by atoms with E-state index in [-0.39, 0.29) is 5.95 Å². The molecule has 0 radical (unpaired) electrons. The maximum Gasteiger partial charge on any atom is 0.231 e. The quantitative estimate of drug-likeness (QED) is 0.520. The fourth-order valence-electron chi connectivity index (χ4n) is 2.21. The lowest BCUT2D eigenvalue weighted by atomic mass is 10.1. The SMILES string of the molecule is N=Cc1cc(Nc2ncnc(N)n2)ccc1NCc1ccccc1. The summed E-state index contributed by atoms with van der Waals surface area (Å²) in [4.78, 5) is 11.7. The molecule has 0 aliphatic rings. The molecule has 0 fully saturated rings. The minimum Gasteiger partial charge on any atom is -0.380 e. The number of anilines is 4. The highest BCUT2D eigenvalue weighted by Crippen LogP contribution is 2.21. The zero-order valence-electron chi connectivity index (χ0n) is 12.9. The van der Waals surface area contributed by atoms with Gasteiger partial charge in [-0.3, -0.25) is 0 Å². The molecule has 7 nitrogen and oxygen atoms in total. The summed E-state index contributed by atoms with van der Waals surface area (Å²) >= 11 is 0. The maximum absolute atomic E-state index is 7.62. The minimum atomic E-state index is 0.154. The Hall–Kier alpha value is -3.48. The third-order valence-electron chi connectivity index (χ3n) is 3.38. The molecule has 2 aromatic carbocycles. The van der Waals surface area contributed by atoms with Gasteiger partial charge in [0, 0.05) is 29.7 Å². The molecular formula is C17H17N7. The summed E-state index contributed by atoms with van der Waals surface area (Å²) in [6.07, 6.45) is 2.65. The molecule has 0 amide bonds. The molecule has 0 atom stereocenters. The first-order valence-electron chi connectivity index (χ1n) is 7.38. The van der Waals surface area contributed by atoms with Gasteiger partial charge in [0.1, 0.15) is 6.33 Å². The summed E-state index contributed by atoms with van der Waals surface area (Å²) in [7, 11) is 0. The van der Waals surface area contributed by atoms with Crippen molar-refractivity contribution >= 4 is 29.5 Å². The average Bonchev–Trinajstić information content (AvgIpc) is 2.61. The number of hydrogen-bond donors (Lipinski definition) is 4. The second-order valence-electron chi connectivity index (χ2n) is 5.08. The standard InChI is InChI=1S/C17H17N7/c18-9-13-8-14(23-17-22-11-21-16(19)24-17)6-7-15(13)20-10-12-4-2-1-3-5-12/h1-9,11,18,20H,10H2,(H3,19,21,22,23,24). The van der Waals surface area contributed by atoms with Crippen LogP contribution < -0.4 is 16.4 Å². The summed E-state index contributed by atoms with van der Waals surface area (Å²) in [5, 5.41) is 14.0. The normalized spacial score (nSPS) is 10.2. The maximum atomic E-state index is 7.62. The van der Waals surface area contributed by atoms with E-state index in [9.17, 15) is 0 Å². The van der Waals surface area contributed by atoms with E-state index >= 15 is 0 Å². The number of aromatic nitrogens is 3. The van der Waals surface area contributed by atoms with Gasteiger partial charge < -0.3 is 21.8 Å². The molecule has 1 aromatic heterocycles. The van der Waals surface area contributed by atoms with Crippen LogP contribution in [-0.4, -0.2) is 21.2 Å². The van der Waals surface area contributed by atoms with Crippen LogP contribution in [0.4, 0.5) is 23.3 Å². The van der Waals surface area contributed by atoms with Crippen LogP contribution >= 0.6 is 0 Å². The van der Waals surface area contributed by atoms with Crippen LogP contribution in [0.3, 0.4) is 0 Å². The van der Waals surface area contributed by atoms with E-state index in [0.29, 0.717) is 12.5 Å². The van der Waals surface area contributed by atoms with E-state index in [1.165, 1.54) is 18.1 Å². The van der Waals surface area contributed by atoms with E-state index in [1.54, 1.807) is 0 Å². The van der Waals surface area contributed by atoms with Crippen LogP contribution in [0.1, 0.15) is 11.1 Å². The van der Waals surface area contributed by atoms with Crippen LogP contribution in [-0.2, 0) is 6.54 Å². The number of nitrogen functional groups attached to an aromatic ring is 1. The van der Waals surface area contributed by atoms with E-state index in [0.717, 1.165) is 16.9 Å². The van der Waals surface area contributed by atoms with Crippen molar-refractivity contribution in [3.8, 4) is 0 Å². The van der Waals surface area contributed by atoms with E-state index in [2.05, 4.69) is 37.7 Å². The molecule has 120 valence electrons. The fourth-order valence-corrected chi connectivity index (χ4v) is 2.21. The smallest absolute Gasteiger partial charge is 0.231 e. The first kappa shape index (κ1) is 15.4. The Balaban J connectivity index is 1.74. The van der Waals surface area contributed by atoms with Gasteiger partial charge in [-0.25, -0.2) is 9.97 Å². The van der Waals surface area contributed by atoms with Crippen molar-refractivity contribution in [1.82, 2.24) is 15.0 Å². The molecule has 3 rings (SSSR count). The van der Waals surface area contributed by atoms with Gasteiger partial charge in [0.25, 0.3) is 0 Å². The Morgan fingerprint density at radius 2 is 1.92 bits per heavy atom. The first-order chi connectivity index (χ1) is 11.7. The van der Waals surface area contributed by atoms with Crippen molar-refractivity contribution in [2.45, 2.75) is 6.54 Å². The third kappa shape index (κ3) is 3.83. The largest absolute Gasteiger partial charge is 0.380 e. The number of nitrogens with one attached hydrogen (secondary N) is 3. The topological polar surface area (TPSA) is 113 Å². The lowest BCUT2D eigenvalue weighted by Gasteiger charge is -2.12. The number of benzene rings is 2. The number of nitrogens with zero attached hydrogens (tertiary/aromatic N) is 3. The van der Waals surface area contributed by atoms with Gasteiger partial charge in [-0.1, -0.05) is 30.3 Å². The van der Waals surface area contributed by atoms with Crippen molar-refractivity contribution in [3.05, 3.63) is 66.0 Å². The molecule has 0 unspecified atom stereocenters. The van der Waals surface area contributed by atoms with E-state index in [4.69, 9.17) is 11.1 Å². The molecule has 1 heterocycles. The lowest BCUT2D eigenvalue weighted by Crippen LogP contribution is -2.04. The van der Waals surface area contributed by atoms with Crippen LogP contribution in [0.5, 0.6) is 0 Å². The molecule has 0 bridgehead atoms. The number of nitrogens with two attached hydrogens (primary N) is 1. The van der Waals surface area contributed by atoms with Gasteiger partial charge in [0.05, 0.1) is 0 Å². The highest BCUT2D eigenvalue weighted by molar-refractivity contribution is 5.88. The average molecular weight is 319 g/mol. The predicted octanol–water partition coefficient (Wildman–Crippen LogP) is 2.81. The zero-order valence-corrected chi connectivity index (χ0v) is 12.9. The monoisotopic (exact) mass is 319 g/mol. The third-order valence-corrected chi connectivity index (χ3v) is 3.38. The van der Waals surface area contributed by atoms with Gasteiger partial charge in [0.2, 0.25) is 11.9 Å². The minimum absolute atomic E-state index is 0.154. The lowest BCUT2D eigenvalue weighted by molar-refractivity contribution is 1.07. The van der Waals surface area contributed by atoms with Gasteiger partial charge in [0.15, 0.2) is 0 Å². The van der Waals surface area contributed by atoms with Gasteiger partial charge >= 0.3 is 0 Å². The van der Waals surface area contributed by atoms with Crippen LogP contribution in [0, 0.1) is 5.41 Å². The zero-order chi connectivity index (χ0) is 16.8. The Bertz CT molecular complexity index is 833. The fraction of sp³-hybridized carbons (Fsp3) is 0.0588. The molecule has 0 saturated heterocycles. The molecule has 0 spiro atoms. The van der Waals surface area contributed by atoms with E-state index < -0.39 is 0 Å². The highest BCUT2D eigenvalue weighted by atomic mass is 15.2. The first-order valence-corrected chi connectivity index (χ1v) is 7.38. The molecule has 5 N–H and O–H groups in total. The Morgan fingerprint density at radius 3 is 2.67 bits per heavy atom. The van der Waals surface area contributed by atoms with Crippen LogP contribution in [0.15, 0.2) is 54.9 Å². The van der Waals surface area contributed by atoms with Gasteiger partial charge in [-0.2, -0.15) is 4.98 Å². The Morgan fingerprint density at radius 1 is 1.08 bits per heavy atom. The summed E-state index contributed by atoms with van der Waals surface area (Å²) < 4.78 is 0. The second kappa shape index (κ2) is 7.19. The molecule has 0 aliphatic carbocycles. The van der Waals surface area contributed by atoms with Crippen LogP contribution in [0.25, 0.3) is 0 Å². The van der Waals surface area contributed by atoms with Crippen molar-refractivity contribution in [2.24, 2.45) is 0 Å². The summed E-state index contributed by atoms with van der Waals surface area (Å²) in [5.74, 6) is 0.518. The Labute approximate surface area is 139 Å². The molecule has 24 heavy (non-hydrogen) atoms. The van der Waals surface area contributed by atoms with Crippen molar-refractivity contribution in [3.63, 3.8) is 0 Å². The van der Waals surface area contributed by atoms with Crippen molar-refractivity contribution < 1.29 is 0 Å². The van der Waals surface area contributed by atoms with Gasteiger partial charge in [-0.15, -0.1) is 0 Å². The summed E-state index contributed by atoms with van der Waals surface area (Å²) in [5.41, 5.74) is 9.13. The van der Waals surface area contributed by atoms with Gasteiger partial charge in [-0.05, 0) is 23.8 Å². The van der Waals surface area contributed by atoms with Crippen molar-refractivity contribution in [1.29, 1.82) is 5.41 Å².